The van der Waals surface area contributed by atoms with Crippen LogP contribution < -0.4 is 0 Å². The van der Waals surface area contributed by atoms with Gasteiger partial charge in [-0.15, -0.1) is 0 Å². The summed E-state index contributed by atoms with van der Waals surface area (Å²) in [6.07, 6.45) is 2.02. The summed E-state index contributed by atoms with van der Waals surface area (Å²) in [7, 11) is 0. The van der Waals surface area contributed by atoms with Gasteiger partial charge in [-0.25, -0.2) is 0 Å². The van der Waals surface area contributed by atoms with E-state index in [1.54, 1.807) is 0 Å². The van der Waals surface area contributed by atoms with Gasteiger partial charge in [0.05, 0.1) is 5.92 Å². The largest absolute Gasteiger partial charge is 0.460 e. The topological polar surface area (TPSA) is 28.9 Å². The number of H-pyrrole nitrogens is 1. The normalized spacial score (nSPS) is 11.3. The van der Waals surface area contributed by atoms with Gasteiger partial charge in [-0.2, -0.15) is 0 Å². The van der Waals surface area contributed by atoms with Gasteiger partial charge in [-0.05, 0) is 29.3 Å². The van der Waals surface area contributed by atoms with Crippen molar-refractivity contribution in [3.63, 3.8) is 0 Å². The fraction of sp³-hybridized carbons (Fsp3) is 0.0400. The number of rotatable bonds is 4. The molecular formula is C25H19NO. The molecule has 0 radical (unpaired) electrons. The number of hydrogen-bond donors (Lipinski definition) is 1. The highest BCUT2D eigenvalue weighted by molar-refractivity contribution is 5.94. The van der Waals surface area contributed by atoms with E-state index in [1.807, 2.05) is 24.4 Å². The maximum absolute atomic E-state index is 6.39. The Morgan fingerprint density at radius 3 is 1.96 bits per heavy atom. The van der Waals surface area contributed by atoms with Crippen molar-refractivity contribution in [2.45, 2.75) is 5.92 Å². The zero-order valence-electron chi connectivity index (χ0n) is 14.8. The third-order valence-electron chi connectivity index (χ3n) is 5.03. The lowest BCUT2D eigenvalue weighted by atomic mass is 9.89. The quantitative estimate of drug-likeness (QED) is 0.389. The first kappa shape index (κ1) is 15.7. The van der Waals surface area contributed by atoms with Gasteiger partial charge in [0.1, 0.15) is 11.5 Å². The molecule has 0 aliphatic heterocycles. The summed E-state index contributed by atoms with van der Waals surface area (Å²) < 4.78 is 6.39. The second-order valence-corrected chi connectivity index (χ2v) is 6.70. The molecule has 0 fully saturated rings. The maximum atomic E-state index is 6.39. The summed E-state index contributed by atoms with van der Waals surface area (Å²) in [5.41, 5.74) is 4.66. The van der Waals surface area contributed by atoms with Gasteiger partial charge in [-0.3, -0.25) is 0 Å². The van der Waals surface area contributed by atoms with Gasteiger partial charge >= 0.3 is 0 Å². The number of aromatic nitrogens is 1. The van der Waals surface area contributed by atoms with Crippen LogP contribution in [-0.2, 0) is 0 Å². The third kappa shape index (κ3) is 2.85. The summed E-state index contributed by atoms with van der Waals surface area (Å²) in [4.78, 5) is 3.33. The van der Waals surface area contributed by atoms with E-state index in [4.69, 9.17) is 4.42 Å². The van der Waals surface area contributed by atoms with Crippen LogP contribution >= 0.6 is 0 Å². The molecular weight excluding hydrogens is 330 g/mol. The standard InChI is InChI=1S/C25H19NO/c1-3-9-18(10-4-1)25(19-11-5-2-6-12-19)24-16-15-23(27-24)21-17-26-22-14-8-7-13-20(21)22/h1-17,25-26H. The Morgan fingerprint density at radius 1 is 0.630 bits per heavy atom. The molecule has 2 aromatic heterocycles. The van der Waals surface area contributed by atoms with Gasteiger partial charge in [0.2, 0.25) is 0 Å². The van der Waals surface area contributed by atoms with Gasteiger partial charge in [0, 0.05) is 22.7 Å². The van der Waals surface area contributed by atoms with Crippen molar-refractivity contribution in [2.24, 2.45) is 0 Å². The zero-order valence-corrected chi connectivity index (χ0v) is 14.8. The summed E-state index contributed by atoms with van der Waals surface area (Å²) in [5, 5.41) is 1.18. The summed E-state index contributed by atoms with van der Waals surface area (Å²) in [6, 6.07) is 33.5. The predicted octanol–water partition coefficient (Wildman–Crippen LogP) is 6.61. The molecule has 5 rings (SSSR count). The molecule has 3 aromatic carbocycles. The molecule has 2 nitrogen and oxygen atoms in total. The Kier molecular flexibility index (Phi) is 3.87. The van der Waals surface area contributed by atoms with Crippen molar-refractivity contribution >= 4 is 10.9 Å². The van der Waals surface area contributed by atoms with Crippen LogP contribution in [0.4, 0.5) is 0 Å². The molecule has 0 amide bonds. The molecule has 0 aliphatic carbocycles. The summed E-state index contributed by atoms with van der Waals surface area (Å²) in [6.45, 7) is 0. The highest BCUT2D eigenvalue weighted by Crippen LogP contribution is 2.36. The molecule has 27 heavy (non-hydrogen) atoms. The second-order valence-electron chi connectivity index (χ2n) is 6.70. The van der Waals surface area contributed by atoms with Gasteiger partial charge in [-0.1, -0.05) is 78.9 Å². The minimum atomic E-state index is 0.0753. The lowest BCUT2D eigenvalue weighted by molar-refractivity contribution is 0.516. The lowest BCUT2D eigenvalue weighted by Gasteiger charge is -2.15. The Labute approximate surface area is 158 Å². The third-order valence-corrected chi connectivity index (χ3v) is 5.03. The van der Waals surface area contributed by atoms with Crippen molar-refractivity contribution in [1.29, 1.82) is 0 Å². The minimum Gasteiger partial charge on any atom is -0.460 e. The predicted molar refractivity (Wildman–Crippen MR) is 110 cm³/mol. The van der Waals surface area contributed by atoms with E-state index in [0.717, 1.165) is 22.6 Å². The lowest BCUT2D eigenvalue weighted by Crippen LogP contribution is -2.01. The van der Waals surface area contributed by atoms with Crippen LogP contribution in [0, 0.1) is 0 Å². The van der Waals surface area contributed by atoms with Crippen LogP contribution in [0.2, 0.25) is 0 Å². The molecule has 2 heterocycles. The van der Waals surface area contributed by atoms with E-state index in [2.05, 4.69) is 83.8 Å². The molecule has 0 atom stereocenters. The van der Waals surface area contributed by atoms with Crippen molar-refractivity contribution in [3.8, 4) is 11.3 Å². The molecule has 130 valence electrons. The number of furan rings is 1. The number of benzene rings is 3. The Balaban J connectivity index is 1.62. The first-order chi connectivity index (χ1) is 13.4. The summed E-state index contributed by atoms with van der Waals surface area (Å²) in [5.74, 6) is 1.92. The van der Waals surface area contributed by atoms with Gasteiger partial charge in [0.15, 0.2) is 0 Å². The van der Waals surface area contributed by atoms with E-state index in [9.17, 15) is 0 Å². The van der Waals surface area contributed by atoms with Crippen molar-refractivity contribution in [1.82, 2.24) is 4.98 Å². The molecule has 0 saturated heterocycles. The number of nitrogens with one attached hydrogen (secondary N) is 1. The molecule has 5 aromatic rings. The van der Waals surface area contributed by atoms with E-state index < -0.39 is 0 Å². The average Bonchev–Trinajstić information content (AvgIpc) is 3.37. The first-order valence-corrected chi connectivity index (χ1v) is 9.16. The van der Waals surface area contributed by atoms with Crippen LogP contribution in [0.1, 0.15) is 22.8 Å². The van der Waals surface area contributed by atoms with Crippen molar-refractivity contribution in [2.75, 3.05) is 0 Å². The molecule has 0 bridgehead atoms. The smallest absolute Gasteiger partial charge is 0.136 e. The molecule has 0 aliphatic rings. The zero-order chi connectivity index (χ0) is 18.1. The van der Waals surface area contributed by atoms with Crippen LogP contribution in [-0.4, -0.2) is 4.98 Å². The van der Waals surface area contributed by atoms with E-state index in [1.165, 1.54) is 16.5 Å². The fourth-order valence-electron chi connectivity index (χ4n) is 3.74. The monoisotopic (exact) mass is 349 g/mol. The average molecular weight is 349 g/mol. The van der Waals surface area contributed by atoms with Gasteiger partial charge in [0.25, 0.3) is 0 Å². The van der Waals surface area contributed by atoms with Crippen LogP contribution in [0.5, 0.6) is 0 Å². The Morgan fingerprint density at radius 2 is 1.26 bits per heavy atom. The maximum Gasteiger partial charge on any atom is 0.136 e. The van der Waals surface area contributed by atoms with Crippen molar-refractivity contribution in [3.05, 3.63) is 120 Å². The molecule has 0 saturated carbocycles. The first-order valence-electron chi connectivity index (χ1n) is 9.16. The summed E-state index contributed by atoms with van der Waals surface area (Å²) >= 11 is 0. The highest BCUT2D eigenvalue weighted by Gasteiger charge is 2.21. The number of para-hydroxylation sites is 1. The van der Waals surface area contributed by atoms with E-state index in [-0.39, 0.29) is 5.92 Å². The number of fused-ring (bicyclic) bond motifs is 1. The van der Waals surface area contributed by atoms with E-state index >= 15 is 0 Å². The second kappa shape index (κ2) is 6.65. The highest BCUT2D eigenvalue weighted by atomic mass is 16.3. The minimum absolute atomic E-state index is 0.0753. The number of hydrogen-bond acceptors (Lipinski definition) is 1. The fourth-order valence-corrected chi connectivity index (χ4v) is 3.74. The Hall–Kier alpha value is -3.52. The molecule has 2 heteroatoms. The molecule has 0 spiro atoms. The van der Waals surface area contributed by atoms with E-state index in [0.29, 0.717) is 0 Å². The van der Waals surface area contributed by atoms with Crippen LogP contribution in [0.3, 0.4) is 0 Å². The molecule has 0 unspecified atom stereocenters. The molecule has 1 N–H and O–H groups in total. The van der Waals surface area contributed by atoms with Gasteiger partial charge < -0.3 is 9.40 Å². The van der Waals surface area contributed by atoms with Crippen molar-refractivity contribution < 1.29 is 4.42 Å². The van der Waals surface area contributed by atoms with Crippen LogP contribution in [0.15, 0.2) is 108 Å². The number of aromatic amines is 1. The Bertz CT molecular complexity index is 1130. The SMILES string of the molecule is c1ccc(C(c2ccccc2)c2ccc(-c3c[nH]c4ccccc34)o2)cc1. The van der Waals surface area contributed by atoms with Crippen LogP contribution in [0.25, 0.3) is 22.2 Å².